The van der Waals surface area contributed by atoms with Crippen LogP contribution in [0, 0.1) is 12.8 Å². The fraction of sp³-hybridized carbons (Fsp3) is 0.467. The van der Waals surface area contributed by atoms with Gasteiger partial charge in [0.15, 0.2) is 0 Å². The van der Waals surface area contributed by atoms with Crippen LogP contribution in [0.15, 0.2) is 18.2 Å². The Labute approximate surface area is 119 Å². The van der Waals surface area contributed by atoms with E-state index in [1.54, 1.807) is 25.1 Å². The number of aryl methyl sites for hydroxylation is 1. The normalized spacial score (nSPS) is 12.1. The summed E-state index contributed by atoms with van der Waals surface area (Å²) in [5, 5.41) is 5.59. The predicted octanol–water partition coefficient (Wildman–Crippen LogP) is 1.67. The molecule has 0 saturated heterocycles. The monoisotopic (exact) mass is 277 g/mol. The van der Waals surface area contributed by atoms with Crippen molar-refractivity contribution >= 4 is 17.5 Å². The number of carbonyl (C=O) groups excluding carboxylic acids is 2. The van der Waals surface area contributed by atoms with Gasteiger partial charge in [-0.05, 0) is 43.5 Å². The van der Waals surface area contributed by atoms with E-state index in [2.05, 4.69) is 10.6 Å². The van der Waals surface area contributed by atoms with Gasteiger partial charge in [-0.15, -0.1) is 0 Å². The zero-order valence-electron chi connectivity index (χ0n) is 12.5. The Hall–Kier alpha value is -1.88. The SMILES string of the molecule is Cc1cc(C(=O)NCC(C)C)ccc1NC(=O)[C@H](C)N. The highest BCUT2D eigenvalue weighted by molar-refractivity contribution is 5.97. The van der Waals surface area contributed by atoms with Gasteiger partial charge in [-0.25, -0.2) is 0 Å². The summed E-state index contributed by atoms with van der Waals surface area (Å²) in [5.41, 5.74) is 7.59. The number of carbonyl (C=O) groups is 2. The quantitative estimate of drug-likeness (QED) is 0.765. The number of amides is 2. The van der Waals surface area contributed by atoms with Gasteiger partial charge in [0.1, 0.15) is 0 Å². The number of nitrogens with one attached hydrogen (secondary N) is 2. The molecule has 4 N–H and O–H groups in total. The van der Waals surface area contributed by atoms with Crippen molar-refractivity contribution in [3.63, 3.8) is 0 Å². The average Bonchev–Trinajstić information content (AvgIpc) is 2.37. The third-order valence-electron chi connectivity index (χ3n) is 2.83. The second-order valence-corrected chi connectivity index (χ2v) is 5.41. The van der Waals surface area contributed by atoms with Crippen molar-refractivity contribution in [1.29, 1.82) is 0 Å². The van der Waals surface area contributed by atoms with Gasteiger partial charge >= 0.3 is 0 Å². The third kappa shape index (κ3) is 4.66. The largest absolute Gasteiger partial charge is 0.352 e. The van der Waals surface area contributed by atoms with E-state index >= 15 is 0 Å². The second kappa shape index (κ2) is 7.05. The number of nitrogens with two attached hydrogens (primary N) is 1. The van der Waals surface area contributed by atoms with Gasteiger partial charge in [0, 0.05) is 17.8 Å². The lowest BCUT2D eigenvalue weighted by Gasteiger charge is -2.12. The van der Waals surface area contributed by atoms with E-state index in [0.717, 1.165) is 5.56 Å². The van der Waals surface area contributed by atoms with Crippen LogP contribution in [0.3, 0.4) is 0 Å². The summed E-state index contributed by atoms with van der Waals surface area (Å²) < 4.78 is 0. The van der Waals surface area contributed by atoms with Gasteiger partial charge in [-0.2, -0.15) is 0 Å². The van der Waals surface area contributed by atoms with E-state index < -0.39 is 6.04 Å². The van der Waals surface area contributed by atoms with Crippen LogP contribution in [0.1, 0.15) is 36.7 Å². The molecule has 1 aromatic carbocycles. The van der Waals surface area contributed by atoms with Crippen LogP contribution in [-0.2, 0) is 4.79 Å². The molecule has 0 aliphatic rings. The first-order valence-electron chi connectivity index (χ1n) is 6.76. The highest BCUT2D eigenvalue weighted by Crippen LogP contribution is 2.16. The van der Waals surface area contributed by atoms with E-state index in [1.165, 1.54) is 0 Å². The molecule has 1 atom stereocenters. The van der Waals surface area contributed by atoms with Crippen LogP contribution >= 0.6 is 0 Å². The maximum absolute atomic E-state index is 11.9. The molecule has 5 nitrogen and oxygen atoms in total. The minimum Gasteiger partial charge on any atom is -0.352 e. The van der Waals surface area contributed by atoms with Crippen LogP contribution < -0.4 is 16.4 Å². The molecular formula is C15H23N3O2. The number of hydrogen-bond acceptors (Lipinski definition) is 3. The molecule has 0 saturated carbocycles. The lowest BCUT2D eigenvalue weighted by Crippen LogP contribution is -2.32. The molecule has 0 aromatic heterocycles. The standard InChI is InChI=1S/C15H23N3O2/c1-9(2)8-17-15(20)12-5-6-13(10(3)7-12)18-14(19)11(4)16/h5-7,9,11H,8,16H2,1-4H3,(H,17,20)(H,18,19)/t11-/m0/s1. The topological polar surface area (TPSA) is 84.2 Å². The Balaban J connectivity index is 2.77. The highest BCUT2D eigenvalue weighted by atomic mass is 16.2. The highest BCUT2D eigenvalue weighted by Gasteiger charge is 2.11. The van der Waals surface area contributed by atoms with Crippen molar-refractivity contribution in [2.24, 2.45) is 11.7 Å². The Kier molecular flexibility index (Phi) is 5.70. The molecule has 0 spiro atoms. The summed E-state index contributed by atoms with van der Waals surface area (Å²) in [4.78, 5) is 23.5. The first-order valence-corrected chi connectivity index (χ1v) is 6.76. The molecule has 110 valence electrons. The number of hydrogen-bond donors (Lipinski definition) is 3. The molecule has 1 rings (SSSR count). The lowest BCUT2D eigenvalue weighted by atomic mass is 10.1. The van der Waals surface area contributed by atoms with Crippen molar-refractivity contribution in [2.75, 3.05) is 11.9 Å². The van der Waals surface area contributed by atoms with Gasteiger partial charge in [0.05, 0.1) is 6.04 Å². The molecule has 20 heavy (non-hydrogen) atoms. The fourth-order valence-electron chi connectivity index (χ4n) is 1.59. The van der Waals surface area contributed by atoms with Crippen molar-refractivity contribution in [3.8, 4) is 0 Å². The van der Waals surface area contributed by atoms with E-state index in [9.17, 15) is 9.59 Å². The van der Waals surface area contributed by atoms with Gasteiger partial charge in [0.2, 0.25) is 5.91 Å². The van der Waals surface area contributed by atoms with Crippen LogP contribution in [-0.4, -0.2) is 24.4 Å². The minimum atomic E-state index is -0.566. The van der Waals surface area contributed by atoms with Gasteiger partial charge < -0.3 is 16.4 Å². The Morgan fingerprint density at radius 2 is 1.90 bits per heavy atom. The number of rotatable bonds is 5. The molecule has 2 amide bonds. The molecule has 0 heterocycles. The summed E-state index contributed by atoms with van der Waals surface area (Å²) in [7, 11) is 0. The fourth-order valence-corrected chi connectivity index (χ4v) is 1.59. The maximum atomic E-state index is 11.9. The first-order chi connectivity index (χ1) is 9.31. The average molecular weight is 277 g/mol. The summed E-state index contributed by atoms with van der Waals surface area (Å²) in [5.74, 6) is 0.0571. The molecule has 1 aromatic rings. The predicted molar refractivity (Wildman–Crippen MR) is 80.6 cm³/mol. The van der Waals surface area contributed by atoms with E-state index in [0.29, 0.717) is 23.7 Å². The molecular weight excluding hydrogens is 254 g/mol. The molecule has 0 bridgehead atoms. The molecule has 0 radical (unpaired) electrons. The lowest BCUT2D eigenvalue weighted by molar-refractivity contribution is -0.117. The van der Waals surface area contributed by atoms with E-state index in [-0.39, 0.29) is 11.8 Å². The van der Waals surface area contributed by atoms with Gasteiger partial charge in [-0.3, -0.25) is 9.59 Å². The summed E-state index contributed by atoms with van der Waals surface area (Å²) in [6, 6.07) is 4.61. The van der Waals surface area contributed by atoms with Crippen molar-refractivity contribution in [1.82, 2.24) is 5.32 Å². The van der Waals surface area contributed by atoms with Crippen LogP contribution in [0.2, 0.25) is 0 Å². The Bertz CT molecular complexity index is 496. The molecule has 0 unspecified atom stereocenters. The van der Waals surface area contributed by atoms with Crippen LogP contribution in [0.25, 0.3) is 0 Å². The minimum absolute atomic E-state index is 0.105. The van der Waals surface area contributed by atoms with Gasteiger partial charge in [0.25, 0.3) is 5.91 Å². The zero-order valence-corrected chi connectivity index (χ0v) is 12.5. The number of benzene rings is 1. The van der Waals surface area contributed by atoms with E-state index in [4.69, 9.17) is 5.73 Å². The summed E-state index contributed by atoms with van der Waals surface area (Å²) in [6.07, 6.45) is 0. The summed E-state index contributed by atoms with van der Waals surface area (Å²) in [6.45, 7) is 8.19. The van der Waals surface area contributed by atoms with Crippen LogP contribution in [0.4, 0.5) is 5.69 Å². The van der Waals surface area contributed by atoms with Crippen molar-refractivity contribution in [3.05, 3.63) is 29.3 Å². The molecule has 0 fully saturated rings. The summed E-state index contributed by atoms with van der Waals surface area (Å²) >= 11 is 0. The van der Waals surface area contributed by atoms with Gasteiger partial charge in [-0.1, -0.05) is 13.8 Å². The Morgan fingerprint density at radius 1 is 1.25 bits per heavy atom. The van der Waals surface area contributed by atoms with Crippen LogP contribution in [0.5, 0.6) is 0 Å². The second-order valence-electron chi connectivity index (χ2n) is 5.41. The maximum Gasteiger partial charge on any atom is 0.251 e. The Morgan fingerprint density at radius 3 is 2.40 bits per heavy atom. The van der Waals surface area contributed by atoms with E-state index in [1.807, 2.05) is 20.8 Å². The molecule has 0 aliphatic heterocycles. The third-order valence-corrected chi connectivity index (χ3v) is 2.83. The first kappa shape index (κ1) is 16.2. The van der Waals surface area contributed by atoms with Crippen molar-refractivity contribution < 1.29 is 9.59 Å². The zero-order chi connectivity index (χ0) is 15.3. The molecule has 5 heteroatoms. The smallest absolute Gasteiger partial charge is 0.251 e. The molecule has 0 aliphatic carbocycles. The number of anilines is 1. The van der Waals surface area contributed by atoms with Crippen molar-refractivity contribution in [2.45, 2.75) is 33.7 Å².